The van der Waals surface area contributed by atoms with Crippen molar-refractivity contribution >= 4 is 12.0 Å². The number of rotatable bonds is 8. The van der Waals surface area contributed by atoms with Gasteiger partial charge in [-0.05, 0) is 39.0 Å². The summed E-state index contributed by atoms with van der Waals surface area (Å²) in [5.74, 6) is -0.677. The molecule has 1 atom stereocenters. The predicted octanol–water partition coefficient (Wildman–Crippen LogP) is 2.32. The monoisotopic (exact) mass is 270 g/mol. The summed E-state index contributed by atoms with van der Waals surface area (Å²) in [6.45, 7) is 6.93. The topological polar surface area (TPSA) is 69.6 Å². The molecule has 0 aromatic rings. The van der Waals surface area contributed by atoms with Gasteiger partial charge in [-0.1, -0.05) is 13.3 Å². The highest BCUT2D eigenvalue weighted by atomic mass is 16.4. The van der Waals surface area contributed by atoms with Crippen molar-refractivity contribution in [1.29, 1.82) is 0 Å². The molecule has 0 aliphatic heterocycles. The van der Waals surface area contributed by atoms with Crippen LogP contribution in [0.5, 0.6) is 0 Å². The number of aliphatic carboxylic acids is 1. The van der Waals surface area contributed by atoms with E-state index in [0.717, 1.165) is 13.0 Å². The van der Waals surface area contributed by atoms with Crippen LogP contribution in [0.3, 0.4) is 0 Å². The van der Waals surface area contributed by atoms with Gasteiger partial charge >= 0.3 is 12.0 Å². The van der Waals surface area contributed by atoms with E-state index in [0.29, 0.717) is 12.3 Å². The van der Waals surface area contributed by atoms with Crippen molar-refractivity contribution in [2.75, 3.05) is 13.1 Å². The first-order valence-corrected chi connectivity index (χ1v) is 7.23. The molecular weight excluding hydrogens is 244 g/mol. The van der Waals surface area contributed by atoms with Crippen LogP contribution in [0.15, 0.2) is 0 Å². The number of nitrogens with zero attached hydrogens (tertiary/aromatic N) is 1. The third-order valence-electron chi connectivity index (χ3n) is 3.52. The first-order valence-electron chi connectivity index (χ1n) is 7.23. The summed E-state index contributed by atoms with van der Waals surface area (Å²) < 4.78 is 0. The Labute approximate surface area is 115 Å². The van der Waals surface area contributed by atoms with E-state index in [-0.39, 0.29) is 18.6 Å². The smallest absolute Gasteiger partial charge is 0.317 e. The highest BCUT2D eigenvalue weighted by molar-refractivity contribution is 5.76. The normalized spacial score (nSPS) is 16.2. The van der Waals surface area contributed by atoms with Crippen molar-refractivity contribution in [3.8, 4) is 0 Å². The van der Waals surface area contributed by atoms with E-state index in [2.05, 4.69) is 5.32 Å². The second kappa shape index (κ2) is 7.36. The van der Waals surface area contributed by atoms with Crippen molar-refractivity contribution < 1.29 is 14.7 Å². The Morgan fingerprint density at radius 3 is 2.42 bits per heavy atom. The fraction of sp³-hybridized carbons (Fsp3) is 0.857. The maximum atomic E-state index is 12.1. The number of nitrogens with one attached hydrogen (secondary N) is 1. The van der Waals surface area contributed by atoms with Crippen LogP contribution in [0, 0.1) is 11.8 Å². The van der Waals surface area contributed by atoms with Crippen LogP contribution in [0.4, 0.5) is 4.79 Å². The molecule has 5 nitrogen and oxygen atoms in total. The van der Waals surface area contributed by atoms with Crippen molar-refractivity contribution in [2.24, 2.45) is 11.8 Å². The Morgan fingerprint density at radius 1 is 1.37 bits per heavy atom. The summed E-state index contributed by atoms with van der Waals surface area (Å²) >= 11 is 0. The summed E-state index contributed by atoms with van der Waals surface area (Å²) in [6.07, 6.45) is 3.80. The summed E-state index contributed by atoms with van der Waals surface area (Å²) in [4.78, 5) is 24.9. The van der Waals surface area contributed by atoms with Gasteiger partial charge in [-0.2, -0.15) is 0 Å². The maximum absolute atomic E-state index is 12.1. The lowest BCUT2D eigenvalue weighted by atomic mass is 10.0. The third-order valence-corrected chi connectivity index (χ3v) is 3.52. The average Bonchev–Trinajstić information content (AvgIpc) is 3.14. The van der Waals surface area contributed by atoms with E-state index in [1.807, 2.05) is 25.7 Å². The molecular formula is C14H26N2O3. The average molecular weight is 270 g/mol. The van der Waals surface area contributed by atoms with Crippen molar-refractivity contribution in [1.82, 2.24) is 10.2 Å². The fourth-order valence-electron chi connectivity index (χ4n) is 2.08. The van der Waals surface area contributed by atoms with Gasteiger partial charge in [0, 0.05) is 19.1 Å². The Morgan fingerprint density at radius 2 is 2.00 bits per heavy atom. The molecule has 0 bridgehead atoms. The first-order chi connectivity index (χ1) is 8.95. The molecule has 1 rings (SSSR count). The Bertz CT molecular complexity index is 314. The molecule has 1 fully saturated rings. The lowest BCUT2D eigenvalue weighted by molar-refractivity contribution is -0.141. The zero-order chi connectivity index (χ0) is 14.4. The standard InChI is InChI=1S/C14H26N2O3/c1-4-5-12(13(17)18)8-15-14(19)16(10(2)3)9-11-6-7-11/h10-12H,4-9H2,1-3H3,(H,15,19)(H,17,18). The quantitative estimate of drug-likeness (QED) is 0.711. The number of hydrogen-bond donors (Lipinski definition) is 2. The first kappa shape index (κ1) is 15.8. The highest BCUT2D eigenvalue weighted by Crippen LogP contribution is 2.30. The van der Waals surface area contributed by atoms with Crippen LogP contribution in [-0.4, -0.2) is 41.1 Å². The van der Waals surface area contributed by atoms with Crippen molar-refractivity contribution in [3.63, 3.8) is 0 Å². The van der Waals surface area contributed by atoms with Gasteiger partial charge in [0.15, 0.2) is 0 Å². The second-order valence-electron chi connectivity index (χ2n) is 5.70. The summed E-state index contributed by atoms with van der Waals surface area (Å²) in [6, 6.07) is 0.0132. The molecule has 1 unspecified atom stereocenters. The number of carbonyl (C=O) groups is 2. The van der Waals surface area contributed by atoms with Crippen LogP contribution in [0.2, 0.25) is 0 Å². The second-order valence-corrected chi connectivity index (χ2v) is 5.70. The van der Waals surface area contributed by atoms with E-state index in [1.54, 1.807) is 0 Å². The maximum Gasteiger partial charge on any atom is 0.317 e. The van der Waals surface area contributed by atoms with E-state index in [4.69, 9.17) is 5.11 Å². The lowest BCUT2D eigenvalue weighted by Gasteiger charge is -2.27. The van der Waals surface area contributed by atoms with Crippen LogP contribution in [0.1, 0.15) is 46.5 Å². The lowest BCUT2D eigenvalue weighted by Crippen LogP contribution is -2.46. The van der Waals surface area contributed by atoms with Gasteiger partial charge in [-0.15, -0.1) is 0 Å². The number of amides is 2. The number of carboxylic acid groups (broad SMARTS) is 1. The third kappa shape index (κ3) is 5.49. The molecule has 0 saturated heterocycles. The van der Waals surface area contributed by atoms with E-state index in [1.165, 1.54) is 12.8 Å². The summed E-state index contributed by atoms with van der Waals surface area (Å²) in [5.41, 5.74) is 0. The van der Waals surface area contributed by atoms with Gasteiger partial charge in [0.05, 0.1) is 5.92 Å². The van der Waals surface area contributed by atoms with Gasteiger partial charge in [0.2, 0.25) is 0 Å². The molecule has 0 radical (unpaired) electrons. The minimum Gasteiger partial charge on any atom is -0.481 e. The van der Waals surface area contributed by atoms with E-state index in [9.17, 15) is 9.59 Å². The highest BCUT2D eigenvalue weighted by Gasteiger charge is 2.28. The minimum absolute atomic E-state index is 0.135. The van der Waals surface area contributed by atoms with Crippen LogP contribution >= 0.6 is 0 Å². The minimum atomic E-state index is -0.833. The van der Waals surface area contributed by atoms with Crippen molar-refractivity contribution in [3.05, 3.63) is 0 Å². The Balaban J connectivity index is 2.43. The number of hydrogen-bond acceptors (Lipinski definition) is 2. The Kier molecular flexibility index (Phi) is 6.12. The molecule has 110 valence electrons. The van der Waals surface area contributed by atoms with Gasteiger partial charge in [0.25, 0.3) is 0 Å². The van der Waals surface area contributed by atoms with Crippen LogP contribution < -0.4 is 5.32 Å². The predicted molar refractivity (Wildman–Crippen MR) is 74.0 cm³/mol. The summed E-state index contributed by atoms with van der Waals surface area (Å²) in [5, 5.41) is 11.8. The number of urea groups is 1. The molecule has 2 N–H and O–H groups in total. The van der Waals surface area contributed by atoms with Crippen molar-refractivity contribution in [2.45, 2.75) is 52.5 Å². The van der Waals surface area contributed by atoms with Gasteiger partial charge in [0.1, 0.15) is 0 Å². The molecule has 1 aliphatic carbocycles. The molecule has 19 heavy (non-hydrogen) atoms. The molecule has 1 saturated carbocycles. The molecule has 0 aromatic heterocycles. The SMILES string of the molecule is CCCC(CNC(=O)N(CC1CC1)C(C)C)C(=O)O. The van der Waals surface area contributed by atoms with Gasteiger partial charge in [-0.25, -0.2) is 4.79 Å². The molecule has 0 spiro atoms. The largest absolute Gasteiger partial charge is 0.481 e. The summed E-state index contributed by atoms with van der Waals surface area (Å²) in [7, 11) is 0. The Hall–Kier alpha value is -1.26. The van der Waals surface area contributed by atoms with Crippen LogP contribution in [0.25, 0.3) is 0 Å². The van der Waals surface area contributed by atoms with E-state index >= 15 is 0 Å². The van der Waals surface area contributed by atoms with E-state index < -0.39 is 11.9 Å². The molecule has 1 aliphatic rings. The van der Waals surface area contributed by atoms with Gasteiger partial charge in [-0.3, -0.25) is 4.79 Å². The molecule has 2 amide bonds. The zero-order valence-corrected chi connectivity index (χ0v) is 12.2. The van der Waals surface area contributed by atoms with Crippen LogP contribution in [-0.2, 0) is 4.79 Å². The molecule has 0 aromatic carbocycles. The molecule has 5 heteroatoms. The fourth-order valence-corrected chi connectivity index (χ4v) is 2.08. The zero-order valence-electron chi connectivity index (χ0n) is 12.2. The van der Waals surface area contributed by atoms with Gasteiger partial charge < -0.3 is 15.3 Å². The number of carbonyl (C=O) groups excluding carboxylic acids is 1. The number of carboxylic acids is 1. The molecule has 0 heterocycles.